The average Bonchev–Trinajstić information content (AvgIpc) is 2.64. The molecule has 0 aliphatic carbocycles. The van der Waals surface area contributed by atoms with Crippen LogP contribution in [-0.2, 0) is 4.79 Å². The smallest absolute Gasteiger partial charge is 0.251 e. The van der Waals surface area contributed by atoms with Crippen LogP contribution in [0.5, 0.6) is 0 Å². The van der Waals surface area contributed by atoms with Crippen LogP contribution in [0, 0.1) is 0 Å². The van der Waals surface area contributed by atoms with Crippen LogP contribution in [-0.4, -0.2) is 23.7 Å². The number of hydrogen-bond acceptors (Lipinski definition) is 2. The van der Waals surface area contributed by atoms with E-state index in [1.807, 2.05) is 74.2 Å². The lowest BCUT2D eigenvalue weighted by Crippen LogP contribution is -2.41. The molecule has 0 aromatic heterocycles. The Balaban J connectivity index is 2.28. The van der Waals surface area contributed by atoms with Crippen molar-refractivity contribution in [1.82, 2.24) is 0 Å². The zero-order chi connectivity index (χ0) is 16.6. The third-order valence-corrected chi connectivity index (χ3v) is 4.19. The Bertz CT molecular complexity index is 768. The van der Waals surface area contributed by atoms with E-state index in [0.717, 1.165) is 22.5 Å². The molecule has 3 rings (SSSR count). The highest BCUT2D eigenvalue weighted by Crippen LogP contribution is 2.32. The number of benzene rings is 2. The summed E-state index contributed by atoms with van der Waals surface area (Å²) in [4.78, 5) is 19.3. The second kappa shape index (κ2) is 6.17. The fourth-order valence-corrected chi connectivity index (χ4v) is 3.08. The van der Waals surface area contributed by atoms with Gasteiger partial charge in [-0.25, -0.2) is 0 Å². The lowest BCUT2D eigenvalue weighted by molar-refractivity contribution is -0.119. The van der Waals surface area contributed by atoms with E-state index in [1.165, 1.54) is 0 Å². The van der Waals surface area contributed by atoms with Gasteiger partial charge in [-0.1, -0.05) is 41.9 Å². The summed E-state index contributed by atoms with van der Waals surface area (Å²) in [5, 5.41) is 0.637. The van der Waals surface area contributed by atoms with Gasteiger partial charge in [-0.15, -0.1) is 0 Å². The number of rotatable bonds is 2. The zero-order valence-corrected chi connectivity index (χ0v) is 14.2. The minimum atomic E-state index is -0.432. The molecule has 0 bridgehead atoms. The number of benzodiazepines with no additional fused rings is 1. The molecule has 1 atom stereocenters. The van der Waals surface area contributed by atoms with E-state index in [-0.39, 0.29) is 11.9 Å². The Hall–Kier alpha value is -2.13. The fourth-order valence-electron chi connectivity index (χ4n) is 2.91. The Morgan fingerprint density at radius 3 is 2.48 bits per heavy atom. The third kappa shape index (κ3) is 2.89. The van der Waals surface area contributed by atoms with Gasteiger partial charge >= 0.3 is 0 Å². The van der Waals surface area contributed by atoms with Crippen LogP contribution in [0.2, 0.25) is 5.02 Å². The molecule has 0 saturated heterocycles. The quantitative estimate of drug-likeness (QED) is 0.809. The first-order valence-corrected chi connectivity index (χ1v) is 8.13. The van der Waals surface area contributed by atoms with Crippen LogP contribution in [0.1, 0.15) is 31.9 Å². The first-order chi connectivity index (χ1) is 11.0. The van der Waals surface area contributed by atoms with Gasteiger partial charge in [-0.3, -0.25) is 9.79 Å². The molecule has 0 radical (unpaired) electrons. The molecule has 0 N–H and O–H groups in total. The SMILES string of the molecule is CC(C)N1C(=O)[C@H](C)N=C(c2ccccc2)c2cc(Cl)ccc21. The topological polar surface area (TPSA) is 32.7 Å². The van der Waals surface area contributed by atoms with E-state index in [2.05, 4.69) is 0 Å². The molecular formula is C19H19ClN2O. The maximum absolute atomic E-state index is 12.8. The van der Waals surface area contributed by atoms with Crippen LogP contribution in [0.25, 0.3) is 0 Å². The van der Waals surface area contributed by atoms with Gasteiger partial charge in [0.05, 0.1) is 11.4 Å². The molecule has 1 aliphatic heterocycles. The molecule has 1 amide bonds. The lowest BCUT2D eigenvalue weighted by Gasteiger charge is -2.28. The summed E-state index contributed by atoms with van der Waals surface area (Å²) in [6.45, 7) is 5.86. The van der Waals surface area contributed by atoms with Gasteiger partial charge in [0, 0.05) is 22.2 Å². The van der Waals surface area contributed by atoms with Gasteiger partial charge in [0.1, 0.15) is 6.04 Å². The third-order valence-electron chi connectivity index (χ3n) is 3.95. The molecule has 1 aliphatic rings. The Labute approximate surface area is 141 Å². The van der Waals surface area contributed by atoms with Crippen LogP contribution >= 0.6 is 11.6 Å². The van der Waals surface area contributed by atoms with Crippen molar-refractivity contribution in [2.24, 2.45) is 4.99 Å². The highest BCUT2D eigenvalue weighted by atomic mass is 35.5. The fraction of sp³-hybridized carbons (Fsp3) is 0.263. The molecule has 4 heteroatoms. The second-order valence-corrected chi connectivity index (χ2v) is 6.42. The van der Waals surface area contributed by atoms with Crippen molar-refractivity contribution in [3.63, 3.8) is 0 Å². The summed E-state index contributed by atoms with van der Waals surface area (Å²) in [5.41, 5.74) is 3.56. The molecule has 0 saturated carbocycles. The second-order valence-electron chi connectivity index (χ2n) is 5.98. The highest BCUT2D eigenvalue weighted by molar-refractivity contribution is 6.32. The summed E-state index contributed by atoms with van der Waals surface area (Å²) in [7, 11) is 0. The van der Waals surface area contributed by atoms with Gasteiger partial charge in [0.15, 0.2) is 0 Å². The monoisotopic (exact) mass is 326 g/mol. The van der Waals surface area contributed by atoms with Crippen molar-refractivity contribution in [2.75, 3.05) is 4.90 Å². The van der Waals surface area contributed by atoms with Crippen molar-refractivity contribution in [3.05, 3.63) is 64.7 Å². The largest absolute Gasteiger partial charge is 0.307 e. The number of aliphatic imine (C=N–C) groups is 1. The normalized spacial score (nSPS) is 17.8. The minimum Gasteiger partial charge on any atom is -0.307 e. The first kappa shape index (κ1) is 15.8. The standard InChI is InChI=1S/C19H19ClN2O/c1-12(2)22-17-10-9-15(20)11-16(17)18(21-13(3)19(22)23)14-7-5-4-6-8-14/h4-13H,1-3H3/t13-/m0/s1. The van der Waals surface area contributed by atoms with Gasteiger partial charge < -0.3 is 4.90 Å². The van der Waals surface area contributed by atoms with Gasteiger partial charge in [-0.2, -0.15) is 0 Å². The predicted octanol–water partition coefficient (Wildman–Crippen LogP) is 4.32. The van der Waals surface area contributed by atoms with Crippen molar-refractivity contribution < 1.29 is 4.79 Å². The van der Waals surface area contributed by atoms with Crippen LogP contribution in [0.4, 0.5) is 5.69 Å². The number of nitrogens with zero attached hydrogens (tertiary/aromatic N) is 2. The number of anilines is 1. The molecule has 1 heterocycles. The molecule has 0 spiro atoms. The minimum absolute atomic E-state index is 0.00880. The van der Waals surface area contributed by atoms with E-state index < -0.39 is 6.04 Å². The highest BCUT2D eigenvalue weighted by Gasteiger charge is 2.31. The molecule has 0 fully saturated rings. The number of carbonyl (C=O) groups excluding carboxylic acids is 1. The molecule has 118 valence electrons. The van der Waals surface area contributed by atoms with Crippen molar-refractivity contribution in [3.8, 4) is 0 Å². The molecule has 2 aromatic carbocycles. The van der Waals surface area contributed by atoms with Gasteiger partial charge in [0.2, 0.25) is 0 Å². The van der Waals surface area contributed by atoms with E-state index in [0.29, 0.717) is 5.02 Å². The summed E-state index contributed by atoms with van der Waals surface area (Å²) in [6, 6.07) is 15.2. The number of amides is 1. The summed E-state index contributed by atoms with van der Waals surface area (Å²) >= 11 is 6.22. The first-order valence-electron chi connectivity index (χ1n) is 7.75. The summed E-state index contributed by atoms with van der Waals surface area (Å²) < 4.78 is 0. The maximum atomic E-state index is 12.8. The number of fused-ring (bicyclic) bond motifs is 1. The van der Waals surface area contributed by atoms with Crippen molar-refractivity contribution >= 4 is 28.9 Å². The van der Waals surface area contributed by atoms with Gasteiger partial charge in [-0.05, 0) is 39.0 Å². The van der Waals surface area contributed by atoms with Crippen molar-refractivity contribution in [2.45, 2.75) is 32.9 Å². The molecule has 23 heavy (non-hydrogen) atoms. The lowest BCUT2D eigenvalue weighted by atomic mass is 10.00. The van der Waals surface area contributed by atoms with Crippen molar-refractivity contribution in [1.29, 1.82) is 0 Å². The van der Waals surface area contributed by atoms with Crippen LogP contribution in [0.3, 0.4) is 0 Å². The van der Waals surface area contributed by atoms with E-state index in [9.17, 15) is 4.79 Å². The molecule has 2 aromatic rings. The summed E-state index contributed by atoms with van der Waals surface area (Å²) in [5.74, 6) is 0.00880. The van der Waals surface area contributed by atoms with E-state index in [1.54, 1.807) is 0 Å². The van der Waals surface area contributed by atoms with E-state index in [4.69, 9.17) is 16.6 Å². The average molecular weight is 327 g/mol. The number of halogens is 1. The summed E-state index contributed by atoms with van der Waals surface area (Å²) in [6.07, 6.45) is 0. The van der Waals surface area contributed by atoms with Crippen LogP contribution < -0.4 is 4.90 Å². The molecule has 0 unspecified atom stereocenters. The van der Waals surface area contributed by atoms with Gasteiger partial charge in [0.25, 0.3) is 5.91 Å². The Morgan fingerprint density at radius 2 is 1.83 bits per heavy atom. The Morgan fingerprint density at radius 1 is 1.13 bits per heavy atom. The number of carbonyl (C=O) groups is 1. The van der Waals surface area contributed by atoms with Crippen LogP contribution in [0.15, 0.2) is 53.5 Å². The number of hydrogen-bond donors (Lipinski definition) is 0. The zero-order valence-electron chi connectivity index (χ0n) is 13.5. The molecular weight excluding hydrogens is 308 g/mol. The maximum Gasteiger partial charge on any atom is 0.251 e. The predicted molar refractivity (Wildman–Crippen MR) is 95.6 cm³/mol. The Kier molecular flexibility index (Phi) is 4.22. The van der Waals surface area contributed by atoms with E-state index >= 15 is 0 Å². The molecule has 3 nitrogen and oxygen atoms in total.